The Hall–Kier alpha value is -2.13. The molecule has 0 aliphatic carbocycles. The second kappa shape index (κ2) is 3.79. The molecule has 0 fully saturated rings. The predicted octanol–water partition coefficient (Wildman–Crippen LogP) is 3.00. The van der Waals surface area contributed by atoms with E-state index in [1.807, 2.05) is 6.07 Å². The van der Waals surface area contributed by atoms with Gasteiger partial charge in [-0.1, -0.05) is 12.1 Å². The lowest BCUT2D eigenvalue weighted by molar-refractivity contribution is 0.210. The molecule has 1 heterocycles. The number of benzene rings is 1. The van der Waals surface area contributed by atoms with Gasteiger partial charge in [-0.05, 0) is 6.07 Å². The van der Waals surface area contributed by atoms with Gasteiger partial charge in [0.05, 0.1) is 10.3 Å². The molecule has 1 aromatic heterocycles. The summed E-state index contributed by atoms with van der Waals surface area (Å²) in [6.45, 7) is 0. The summed E-state index contributed by atoms with van der Waals surface area (Å²) < 4.78 is 13.7. The van der Waals surface area contributed by atoms with Gasteiger partial charge in [-0.3, -0.25) is 5.32 Å². The van der Waals surface area contributed by atoms with Crippen LogP contribution in [0.4, 0.5) is 14.2 Å². The van der Waals surface area contributed by atoms with Crippen molar-refractivity contribution in [2.24, 2.45) is 0 Å². The van der Waals surface area contributed by atoms with E-state index >= 15 is 0 Å². The van der Waals surface area contributed by atoms with Gasteiger partial charge in [-0.25, -0.2) is 9.18 Å². The second-order valence-electron chi connectivity index (χ2n) is 2.96. The van der Waals surface area contributed by atoms with E-state index < -0.39 is 11.9 Å². The highest BCUT2D eigenvalue weighted by molar-refractivity contribution is 7.23. The topological polar surface area (TPSA) is 73.1 Å². The van der Waals surface area contributed by atoms with Crippen molar-refractivity contribution in [3.05, 3.63) is 29.6 Å². The zero-order valence-electron chi connectivity index (χ0n) is 7.82. The van der Waals surface area contributed by atoms with E-state index in [9.17, 15) is 9.18 Å². The quantitative estimate of drug-likeness (QED) is 0.799. The van der Waals surface area contributed by atoms with Gasteiger partial charge in [0.2, 0.25) is 0 Å². The van der Waals surface area contributed by atoms with E-state index in [4.69, 9.17) is 10.4 Å². The highest BCUT2D eigenvalue weighted by Gasteiger charge is 2.15. The molecule has 0 saturated carbocycles. The van der Waals surface area contributed by atoms with Crippen LogP contribution < -0.4 is 5.32 Å². The minimum atomic E-state index is -1.27. The maximum atomic E-state index is 13.4. The maximum Gasteiger partial charge on any atom is 0.409 e. The normalized spacial score (nSPS) is 10.0. The number of carboxylic acid groups (broad SMARTS) is 1. The summed E-state index contributed by atoms with van der Waals surface area (Å²) in [5.41, 5.74) is 0.155. The van der Waals surface area contributed by atoms with E-state index in [2.05, 4.69) is 5.32 Å². The lowest BCUT2D eigenvalue weighted by Crippen LogP contribution is -2.06. The van der Waals surface area contributed by atoms with Gasteiger partial charge in [0.25, 0.3) is 0 Å². The van der Waals surface area contributed by atoms with Crippen LogP contribution in [0.15, 0.2) is 18.2 Å². The van der Waals surface area contributed by atoms with Crippen molar-refractivity contribution >= 4 is 32.5 Å². The Kier molecular flexibility index (Phi) is 2.46. The lowest BCUT2D eigenvalue weighted by Gasteiger charge is -1.94. The molecule has 0 unspecified atom stereocenters. The summed E-state index contributed by atoms with van der Waals surface area (Å²) in [4.78, 5) is 10.5. The third kappa shape index (κ3) is 1.57. The van der Waals surface area contributed by atoms with Gasteiger partial charge in [0, 0.05) is 5.39 Å². The molecule has 0 atom stereocenters. The van der Waals surface area contributed by atoms with Gasteiger partial charge in [0.1, 0.15) is 16.9 Å². The lowest BCUT2D eigenvalue weighted by atomic mass is 10.2. The SMILES string of the molecule is N#Cc1c(NC(=O)O)sc2c(F)cccc12. The Morgan fingerprint density at radius 2 is 2.31 bits per heavy atom. The zero-order chi connectivity index (χ0) is 11.7. The molecule has 0 saturated heterocycles. The van der Waals surface area contributed by atoms with Crippen LogP contribution in [-0.2, 0) is 0 Å². The fourth-order valence-corrected chi connectivity index (χ4v) is 2.43. The third-order valence-corrected chi connectivity index (χ3v) is 3.13. The van der Waals surface area contributed by atoms with Crippen LogP contribution >= 0.6 is 11.3 Å². The number of hydrogen-bond donors (Lipinski definition) is 2. The van der Waals surface area contributed by atoms with Crippen LogP contribution in [0, 0.1) is 17.1 Å². The van der Waals surface area contributed by atoms with Crippen LogP contribution in [0.1, 0.15) is 5.56 Å². The molecule has 2 N–H and O–H groups in total. The Morgan fingerprint density at radius 1 is 1.56 bits per heavy atom. The van der Waals surface area contributed by atoms with E-state index in [0.29, 0.717) is 5.39 Å². The number of rotatable bonds is 1. The zero-order valence-corrected chi connectivity index (χ0v) is 8.64. The third-order valence-electron chi connectivity index (χ3n) is 2.00. The molecule has 80 valence electrons. The van der Waals surface area contributed by atoms with Crippen molar-refractivity contribution in [3.8, 4) is 6.07 Å². The Bertz CT molecular complexity index is 615. The van der Waals surface area contributed by atoms with Gasteiger partial charge in [-0.15, -0.1) is 11.3 Å². The molecular weight excluding hydrogens is 231 g/mol. The number of hydrogen-bond acceptors (Lipinski definition) is 3. The molecule has 6 heteroatoms. The Morgan fingerprint density at radius 3 is 2.94 bits per heavy atom. The van der Waals surface area contributed by atoms with Crippen molar-refractivity contribution in [3.63, 3.8) is 0 Å². The standard InChI is InChI=1S/C10H5FN2O2S/c11-7-3-1-2-5-6(4-12)9(13-10(14)15)16-8(5)7/h1-3,13H,(H,14,15). The number of nitrogens with one attached hydrogen (secondary N) is 1. The first kappa shape index (κ1) is 10.4. The summed E-state index contributed by atoms with van der Waals surface area (Å²) in [5.74, 6) is -0.461. The van der Waals surface area contributed by atoms with Crippen LogP contribution in [-0.4, -0.2) is 11.2 Å². The number of anilines is 1. The van der Waals surface area contributed by atoms with Gasteiger partial charge in [-0.2, -0.15) is 5.26 Å². The fraction of sp³-hybridized carbons (Fsp3) is 0. The van der Waals surface area contributed by atoms with Crippen LogP contribution in [0.5, 0.6) is 0 Å². The predicted molar refractivity (Wildman–Crippen MR) is 58.1 cm³/mol. The number of nitrogens with zero attached hydrogens (tertiary/aromatic N) is 1. The number of thiophene rings is 1. The molecule has 0 bridgehead atoms. The number of nitriles is 1. The molecule has 0 radical (unpaired) electrons. The van der Waals surface area contributed by atoms with Gasteiger partial charge < -0.3 is 5.11 Å². The molecule has 0 spiro atoms. The number of amides is 1. The van der Waals surface area contributed by atoms with Gasteiger partial charge >= 0.3 is 6.09 Å². The van der Waals surface area contributed by atoms with Crippen molar-refractivity contribution in [2.45, 2.75) is 0 Å². The average molecular weight is 236 g/mol. The van der Waals surface area contributed by atoms with E-state index in [1.54, 1.807) is 6.07 Å². The maximum absolute atomic E-state index is 13.4. The van der Waals surface area contributed by atoms with E-state index in [0.717, 1.165) is 11.3 Å². The molecule has 4 nitrogen and oxygen atoms in total. The Labute approximate surface area is 93.5 Å². The van der Waals surface area contributed by atoms with Crippen molar-refractivity contribution in [2.75, 3.05) is 5.32 Å². The van der Waals surface area contributed by atoms with Crippen LogP contribution in [0.2, 0.25) is 0 Å². The summed E-state index contributed by atoms with van der Waals surface area (Å²) in [6.07, 6.45) is -1.27. The summed E-state index contributed by atoms with van der Waals surface area (Å²) in [6, 6.07) is 6.20. The average Bonchev–Trinajstić information content (AvgIpc) is 2.56. The summed E-state index contributed by atoms with van der Waals surface area (Å²) in [7, 11) is 0. The number of halogens is 1. The second-order valence-corrected chi connectivity index (χ2v) is 3.99. The highest BCUT2D eigenvalue weighted by Crippen LogP contribution is 2.36. The first-order chi connectivity index (χ1) is 7.63. The minimum Gasteiger partial charge on any atom is -0.465 e. The summed E-state index contributed by atoms with van der Waals surface area (Å²) >= 11 is 0.914. The summed E-state index contributed by atoms with van der Waals surface area (Å²) in [5, 5.41) is 20.1. The molecule has 0 aliphatic heterocycles. The van der Waals surface area contributed by atoms with Crippen molar-refractivity contribution < 1.29 is 14.3 Å². The van der Waals surface area contributed by atoms with E-state index in [-0.39, 0.29) is 15.3 Å². The molecule has 2 aromatic rings. The number of carbonyl (C=O) groups is 1. The highest BCUT2D eigenvalue weighted by atomic mass is 32.1. The first-order valence-corrected chi connectivity index (χ1v) is 5.06. The first-order valence-electron chi connectivity index (χ1n) is 4.24. The number of fused-ring (bicyclic) bond motifs is 1. The molecule has 2 rings (SSSR count). The largest absolute Gasteiger partial charge is 0.465 e. The van der Waals surface area contributed by atoms with Crippen LogP contribution in [0.25, 0.3) is 10.1 Å². The monoisotopic (exact) mass is 236 g/mol. The smallest absolute Gasteiger partial charge is 0.409 e. The van der Waals surface area contributed by atoms with Gasteiger partial charge in [0.15, 0.2) is 0 Å². The molecule has 1 aromatic carbocycles. The minimum absolute atomic E-state index is 0.148. The van der Waals surface area contributed by atoms with E-state index in [1.165, 1.54) is 12.1 Å². The van der Waals surface area contributed by atoms with Crippen molar-refractivity contribution in [1.82, 2.24) is 0 Å². The molecule has 0 aliphatic rings. The molecule has 1 amide bonds. The molecule has 16 heavy (non-hydrogen) atoms. The van der Waals surface area contributed by atoms with Crippen molar-refractivity contribution in [1.29, 1.82) is 5.26 Å². The molecular formula is C10H5FN2O2S. The fourth-order valence-electron chi connectivity index (χ4n) is 1.38. The Balaban J connectivity index is 2.72. The van der Waals surface area contributed by atoms with Crippen LogP contribution in [0.3, 0.4) is 0 Å².